The maximum absolute atomic E-state index is 12.2. The predicted octanol–water partition coefficient (Wildman–Crippen LogP) is 4.58. The van der Waals surface area contributed by atoms with Crippen LogP contribution < -0.4 is 9.47 Å². The number of aryl methyl sites for hydroxylation is 2. The van der Waals surface area contributed by atoms with Crippen LogP contribution in [0.25, 0.3) is 11.3 Å². The molecular weight excluding hydrogens is 318 g/mol. The van der Waals surface area contributed by atoms with Crippen molar-refractivity contribution in [3.63, 3.8) is 0 Å². The zero-order valence-electron chi connectivity index (χ0n) is 14.4. The van der Waals surface area contributed by atoms with Crippen molar-refractivity contribution >= 4 is 5.97 Å². The number of carbonyl (C=O) groups excluding carboxylic acids is 1. The first-order valence-electron chi connectivity index (χ1n) is 8.06. The molecule has 3 aromatic rings. The van der Waals surface area contributed by atoms with E-state index in [1.165, 1.54) is 0 Å². The van der Waals surface area contributed by atoms with Gasteiger partial charge in [-0.15, -0.1) is 0 Å². The van der Waals surface area contributed by atoms with Gasteiger partial charge in [0, 0.05) is 11.6 Å². The first kappa shape index (κ1) is 16.8. The molecule has 0 unspecified atom stereocenters. The molecule has 2 aromatic carbocycles. The fourth-order valence-corrected chi connectivity index (χ4v) is 2.33. The Morgan fingerprint density at radius 2 is 1.72 bits per heavy atom. The van der Waals surface area contributed by atoms with Crippen LogP contribution in [0.4, 0.5) is 0 Å². The summed E-state index contributed by atoms with van der Waals surface area (Å²) in [5.41, 5.74) is 3.13. The highest BCUT2D eigenvalue weighted by molar-refractivity contribution is 5.90. The van der Waals surface area contributed by atoms with Gasteiger partial charge in [0.2, 0.25) is 0 Å². The van der Waals surface area contributed by atoms with Crippen LogP contribution in [-0.2, 0) is 0 Å². The highest BCUT2D eigenvalue weighted by Crippen LogP contribution is 2.24. The molecule has 1 heterocycles. The van der Waals surface area contributed by atoms with Crippen molar-refractivity contribution in [1.82, 2.24) is 5.16 Å². The van der Waals surface area contributed by atoms with Crippen molar-refractivity contribution in [2.24, 2.45) is 0 Å². The Morgan fingerprint density at radius 1 is 1.00 bits per heavy atom. The molecule has 0 fully saturated rings. The molecule has 0 atom stereocenters. The fraction of sp³-hybridized carbons (Fsp3) is 0.200. The van der Waals surface area contributed by atoms with Gasteiger partial charge in [0.15, 0.2) is 11.5 Å². The lowest BCUT2D eigenvalue weighted by atomic mass is 10.1. The molecule has 0 saturated heterocycles. The topological polar surface area (TPSA) is 61.6 Å². The predicted molar refractivity (Wildman–Crippen MR) is 94.0 cm³/mol. The standard InChI is InChI=1S/C20H19NO4/c1-4-23-16-9-6-15(7-10-16)19-12-18(21-25-19)20(22)24-17-8-5-13(2)14(3)11-17/h5-12H,4H2,1-3H3. The molecule has 0 radical (unpaired) electrons. The summed E-state index contributed by atoms with van der Waals surface area (Å²) >= 11 is 0. The lowest BCUT2D eigenvalue weighted by Gasteiger charge is -2.04. The van der Waals surface area contributed by atoms with Gasteiger partial charge in [0.05, 0.1) is 6.61 Å². The molecule has 5 nitrogen and oxygen atoms in total. The van der Waals surface area contributed by atoms with Crippen LogP contribution in [0, 0.1) is 13.8 Å². The van der Waals surface area contributed by atoms with Crippen molar-refractivity contribution in [3.05, 3.63) is 65.4 Å². The Labute approximate surface area is 146 Å². The van der Waals surface area contributed by atoms with Crippen LogP contribution in [0.15, 0.2) is 53.1 Å². The second kappa shape index (κ2) is 7.21. The Bertz CT molecular complexity index is 881. The smallest absolute Gasteiger partial charge is 0.365 e. The molecule has 0 saturated carbocycles. The van der Waals surface area contributed by atoms with Gasteiger partial charge in [-0.3, -0.25) is 0 Å². The molecule has 0 amide bonds. The van der Waals surface area contributed by atoms with Crippen LogP contribution in [0.2, 0.25) is 0 Å². The van der Waals surface area contributed by atoms with Gasteiger partial charge in [-0.25, -0.2) is 4.79 Å². The molecule has 0 aliphatic rings. The van der Waals surface area contributed by atoms with Gasteiger partial charge in [-0.2, -0.15) is 0 Å². The van der Waals surface area contributed by atoms with E-state index in [2.05, 4.69) is 5.16 Å². The molecule has 0 bridgehead atoms. The minimum atomic E-state index is -0.552. The Balaban J connectivity index is 1.73. The highest BCUT2D eigenvalue weighted by atomic mass is 16.5. The molecule has 128 valence electrons. The Hall–Kier alpha value is -3.08. The van der Waals surface area contributed by atoms with E-state index in [0.29, 0.717) is 18.1 Å². The maximum atomic E-state index is 12.2. The first-order chi connectivity index (χ1) is 12.1. The number of nitrogens with zero attached hydrogens (tertiary/aromatic N) is 1. The fourth-order valence-electron chi connectivity index (χ4n) is 2.33. The average molecular weight is 337 g/mol. The SMILES string of the molecule is CCOc1ccc(-c2cc(C(=O)Oc3ccc(C)c(C)c3)no2)cc1. The molecule has 0 spiro atoms. The molecule has 1 aromatic heterocycles. The normalized spacial score (nSPS) is 10.5. The molecule has 0 aliphatic carbocycles. The number of rotatable bonds is 5. The number of benzene rings is 2. The van der Waals surface area contributed by atoms with Crippen LogP contribution in [0.5, 0.6) is 11.5 Å². The van der Waals surface area contributed by atoms with Gasteiger partial charge in [-0.1, -0.05) is 11.2 Å². The van der Waals surface area contributed by atoms with Crippen molar-refractivity contribution in [2.45, 2.75) is 20.8 Å². The summed E-state index contributed by atoms with van der Waals surface area (Å²) in [5.74, 6) is 1.21. The summed E-state index contributed by atoms with van der Waals surface area (Å²) in [7, 11) is 0. The number of carbonyl (C=O) groups is 1. The quantitative estimate of drug-likeness (QED) is 0.504. The van der Waals surface area contributed by atoms with E-state index in [4.69, 9.17) is 14.0 Å². The van der Waals surface area contributed by atoms with E-state index in [1.54, 1.807) is 12.1 Å². The van der Waals surface area contributed by atoms with E-state index in [0.717, 1.165) is 22.4 Å². The lowest BCUT2D eigenvalue weighted by Crippen LogP contribution is -2.08. The lowest BCUT2D eigenvalue weighted by molar-refractivity contribution is 0.0724. The summed E-state index contributed by atoms with van der Waals surface area (Å²) in [6.07, 6.45) is 0. The first-order valence-corrected chi connectivity index (χ1v) is 8.06. The average Bonchev–Trinajstić information content (AvgIpc) is 3.09. The summed E-state index contributed by atoms with van der Waals surface area (Å²) < 4.78 is 16.0. The third-order valence-electron chi connectivity index (χ3n) is 3.86. The third kappa shape index (κ3) is 3.88. The van der Waals surface area contributed by atoms with E-state index in [1.807, 2.05) is 57.2 Å². The van der Waals surface area contributed by atoms with Gasteiger partial charge >= 0.3 is 5.97 Å². The van der Waals surface area contributed by atoms with Crippen LogP contribution in [0.3, 0.4) is 0 Å². The van der Waals surface area contributed by atoms with E-state index in [-0.39, 0.29) is 5.69 Å². The molecule has 0 N–H and O–H groups in total. The van der Waals surface area contributed by atoms with Crippen molar-refractivity contribution in [1.29, 1.82) is 0 Å². The summed E-state index contributed by atoms with van der Waals surface area (Å²) in [6.45, 7) is 6.50. The van der Waals surface area contributed by atoms with E-state index >= 15 is 0 Å². The number of esters is 1. The Kier molecular flexibility index (Phi) is 4.84. The van der Waals surface area contributed by atoms with Gasteiger partial charge in [0.25, 0.3) is 0 Å². The second-order valence-corrected chi connectivity index (χ2v) is 5.67. The molecule has 3 rings (SSSR count). The molecular formula is C20H19NO4. The largest absolute Gasteiger partial charge is 0.494 e. The monoisotopic (exact) mass is 337 g/mol. The van der Waals surface area contributed by atoms with Gasteiger partial charge in [-0.05, 0) is 68.3 Å². The van der Waals surface area contributed by atoms with Crippen molar-refractivity contribution in [3.8, 4) is 22.8 Å². The van der Waals surface area contributed by atoms with Crippen LogP contribution in [-0.4, -0.2) is 17.7 Å². The number of hydrogen-bond acceptors (Lipinski definition) is 5. The zero-order valence-corrected chi connectivity index (χ0v) is 14.4. The minimum absolute atomic E-state index is 0.127. The summed E-state index contributed by atoms with van der Waals surface area (Å²) in [4.78, 5) is 12.2. The number of hydrogen-bond donors (Lipinski definition) is 0. The van der Waals surface area contributed by atoms with Crippen molar-refractivity contribution < 1.29 is 18.8 Å². The Morgan fingerprint density at radius 3 is 2.40 bits per heavy atom. The zero-order chi connectivity index (χ0) is 17.8. The maximum Gasteiger partial charge on any atom is 0.365 e. The van der Waals surface area contributed by atoms with E-state index in [9.17, 15) is 4.79 Å². The second-order valence-electron chi connectivity index (χ2n) is 5.67. The summed E-state index contributed by atoms with van der Waals surface area (Å²) in [6, 6.07) is 14.4. The van der Waals surface area contributed by atoms with E-state index < -0.39 is 5.97 Å². The summed E-state index contributed by atoms with van der Waals surface area (Å²) in [5, 5.41) is 3.81. The van der Waals surface area contributed by atoms with Gasteiger partial charge < -0.3 is 14.0 Å². The molecule has 5 heteroatoms. The minimum Gasteiger partial charge on any atom is -0.494 e. The van der Waals surface area contributed by atoms with Crippen molar-refractivity contribution in [2.75, 3.05) is 6.61 Å². The number of aromatic nitrogens is 1. The van der Waals surface area contributed by atoms with Crippen LogP contribution in [0.1, 0.15) is 28.5 Å². The molecule has 0 aliphatic heterocycles. The highest BCUT2D eigenvalue weighted by Gasteiger charge is 2.16. The third-order valence-corrected chi connectivity index (χ3v) is 3.86. The number of ether oxygens (including phenoxy) is 2. The van der Waals surface area contributed by atoms with Crippen LogP contribution >= 0.6 is 0 Å². The van der Waals surface area contributed by atoms with Gasteiger partial charge in [0.1, 0.15) is 11.5 Å². The molecule has 25 heavy (non-hydrogen) atoms.